The van der Waals surface area contributed by atoms with E-state index in [1.165, 1.54) is 0 Å². The lowest BCUT2D eigenvalue weighted by molar-refractivity contribution is 1.32. The molecule has 9 heavy (non-hydrogen) atoms. The Bertz CT molecular complexity index is 220. The third-order valence-corrected chi connectivity index (χ3v) is 1.32. The number of aromatic nitrogens is 1. The van der Waals surface area contributed by atoms with Crippen molar-refractivity contribution in [3.05, 3.63) is 35.6 Å². The van der Waals surface area contributed by atoms with Crippen LogP contribution < -0.4 is 0 Å². The molecule has 0 amide bonds. The third-order valence-electron chi connectivity index (χ3n) is 1.01. The molecule has 0 spiro atoms. The number of rotatable bonds is 1. The van der Waals surface area contributed by atoms with Crippen LogP contribution in [-0.2, 0) is 0 Å². The SMILES string of the molecule is C=Cc1cccnc1Cl. The van der Waals surface area contributed by atoms with E-state index in [0.717, 1.165) is 5.56 Å². The molecule has 0 saturated heterocycles. The summed E-state index contributed by atoms with van der Waals surface area (Å²) in [6.45, 7) is 3.57. The first-order valence-corrected chi connectivity index (χ1v) is 2.95. The van der Waals surface area contributed by atoms with E-state index in [0.29, 0.717) is 5.15 Å². The molecule has 1 nitrogen and oxygen atoms in total. The summed E-state index contributed by atoms with van der Waals surface area (Å²) in [4.78, 5) is 3.84. The monoisotopic (exact) mass is 139 g/mol. The summed E-state index contributed by atoms with van der Waals surface area (Å²) in [6, 6.07) is 3.69. The Labute approximate surface area is 59.0 Å². The molecule has 0 unspecified atom stereocenters. The standard InChI is InChI=1S/C7H6ClN/c1-2-6-4-3-5-9-7(6)8/h2-5H,1H2. The van der Waals surface area contributed by atoms with Crippen molar-refractivity contribution in [2.24, 2.45) is 0 Å². The van der Waals surface area contributed by atoms with Crippen molar-refractivity contribution in [3.63, 3.8) is 0 Å². The normalized spacial score (nSPS) is 9.00. The van der Waals surface area contributed by atoms with Crippen LogP contribution in [0.25, 0.3) is 6.08 Å². The molecule has 1 aromatic rings. The summed E-state index contributed by atoms with van der Waals surface area (Å²) in [5, 5.41) is 0.507. The van der Waals surface area contributed by atoms with E-state index in [4.69, 9.17) is 11.6 Å². The molecule has 0 atom stereocenters. The minimum atomic E-state index is 0.507. The summed E-state index contributed by atoms with van der Waals surface area (Å²) < 4.78 is 0. The van der Waals surface area contributed by atoms with E-state index < -0.39 is 0 Å². The van der Waals surface area contributed by atoms with Gasteiger partial charge in [-0.3, -0.25) is 0 Å². The number of hydrogen-bond donors (Lipinski definition) is 0. The van der Waals surface area contributed by atoms with Gasteiger partial charge in [-0.15, -0.1) is 0 Å². The van der Waals surface area contributed by atoms with E-state index >= 15 is 0 Å². The average Bonchev–Trinajstić information content (AvgIpc) is 1.89. The molecule has 46 valence electrons. The first-order chi connectivity index (χ1) is 4.34. The maximum Gasteiger partial charge on any atom is 0.136 e. The van der Waals surface area contributed by atoms with Crippen LogP contribution in [0.1, 0.15) is 5.56 Å². The molecule has 0 aliphatic carbocycles. The van der Waals surface area contributed by atoms with Crippen LogP contribution in [0.5, 0.6) is 0 Å². The highest BCUT2D eigenvalue weighted by atomic mass is 35.5. The van der Waals surface area contributed by atoms with Crippen LogP contribution in [0.2, 0.25) is 5.15 Å². The van der Waals surface area contributed by atoms with Crippen LogP contribution >= 0.6 is 11.6 Å². The molecule has 0 aliphatic rings. The first-order valence-electron chi connectivity index (χ1n) is 2.57. The molecule has 0 aromatic carbocycles. The molecule has 0 aliphatic heterocycles. The Kier molecular flexibility index (Phi) is 1.85. The lowest BCUT2D eigenvalue weighted by Crippen LogP contribution is -1.76. The van der Waals surface area contributed by atoms with Gasteiger partial charge in [-0.05, 0) is 6.07 Å². The summed E-state index contributed by atoms with van der Waals surface area (Å²) in [7, 11) is 0. The van der Waals surface area contributed by atoms with E-state index in [1.807, 2.05) is 12.1 Å². The summed E-state index contributed by atoms with van der Waals surface area (Å²) >= 11 is 5.64. The molecular formula is C7H6ClN. The van der Waals surface area contributed by atoms with Gasteiger partial charge in [0.1, 0.15) is 5.15 Å². The van der Waals surface area contributed by atoms with Gasteiger partial charge in [-0.1, -0.05) is 30.3 Å². The molecule has 2 heteroatoms. The van der Waals surface area contributed by atoms with E-state index in [2.05, 4.69) is 11.6 Å². The number of nitrogens with zero attached hydrogens (tertiary/aromatic N) is 1. The van der Waals surface area contributed by atoms with Gasteiger partial charge >= 0.3 is 0 Å². The van der Waals surface area contributed by atoms with Crippen molar-refractivity contribution in [1.82, 2.24) is 4.98 Å². The smallest absolute Gasteiger partial charge is 0.136 e. The van der Waals surface area contributed by atoms with Gasteiger partial charge < -0.3 is 0 Å². The Morgan fingerprint density at radius 3 is 2.89 bits per heavy atom. The molecule has 1 aromatic heterocycles. The molecule has 1 rings (SSSR count). The Hall–Kier alpha value is -0.820. The van der Waals surface area contributed by atoms with Gasteiger partial charge in [-0.2, -0.15) is 0 Å². The van der Waals surface area contributed by atoms with Gasteiger partial charge in [0.25, 0.3) is 0 Å². The van der Waals surface area contributed by atoms with Crippen LogP contribution in [0, 0.1) is 0 Å². The minimum absolute atomic E-state index is 0.507. The molecule has 0 bridgehead atoms. The largest absolute Gasteiger partial charge is 0.244 e. The fourth-order valence-corrected chi connectivity index (χ4v) is 0.747. The number of halogens is 1. The van der Waals surface area contributed by atoms with Crippen LogP contribution in [-0.4, -0.2) is 4.98 Å². The van der Waals surface area contributed by atoms with E-state index in [9.17, 15) is 0 Å². The van der Waals surface area contributed by atoms with Gasteiger partial charge in [0.15, 0.2) is 0 Å². The van der Waals surface area contributed by atoms with Crippen molar-refractivity contribution >= 4 is 17.7 Å². The molecule has 0 radical (unpaired) electrons. The quantitative estimate of drug-likeness (QED) is 0.545. The zero-order chi connectivity index (χ0) is 6.69. The highest BCUT2D eigenvalue weighted by molar-refractivity contribution is 6.30. The van der Waals surface area contributed by atoms with Crippen molar-refractivity contribution in [2.75, 3.05) is 0 Å². The second kappa shape index (κ2) is 2.65. The highest BCUT2D eigenvalue weighted by Gasteiger charge is 1.91. The summed E-state index contributed by atoms with van der Waals surface area (Å²) in [5.41, 5.74) is 0.874. The Morgan fingerprint density at radius 2 is 2.44 bits per heavy atom. The molecule has 0 saturated carbocycles. The maximum absolute atomic E-state index is 5.64. The zero-order valence-electron chi connectivity index (χ0n) is 4.84. The molecule has 1 heterocycles. The fraction of sp³-hybridized carbons (Fsp3) is 0. The number of pyridine rings is 1. The van der Waals surface area contributed by atoms with Crippen molar-refractivity contribution in [1.29, 1.82) is 0 Å². The second-order valence-electron chi connectivity index (χ2n) is 1.59. The van der Waals surface area contributed by atoms with Crippen LogP contribution in [0.4, 0.5) is 0 Å². The highest BCUT2D eigenvalue weighted by Crippen LogP contribution is 2.11. The molecule has 0 N–H and O–H groups in total. The van der Waals surface area contributed by atoms with E-state index in [1.54, 1.807) is 12.3 Å². The topological polar surface area (TPSA) is 12.9 Å². The van der Waals surface area contributed by atoms with Gasteiger partial charge in [0.2, 0.25) is 0 Å². The predicted octanol–water partition coefficient (Wildman–Crippen LogP) is 2.38. The fourth-order valence-electron chi connectivity index (χ4n) is 0.551. The van der Waals surface area contributed by atoms with Crippen LogP contribution in [0.15, 0.2) is 24.9 Å². The first kappa shape index (κ1) is 6.30. The van der Waals surface area contributed by atoms with Crippen LogP contribution in [0.3, 0.4) is 0 Å². The van der Waals surface area contributed by atoms with Gasteiger partial charge in [-0.25, -0.2) is 4.98 Å². The molecular weight excluding hydrogens is 134 g/mol. The summed E-state index contributed by atoms with van der Waals surface area (Å²) in [6.07, 6.45) is 3.32. The van der Waals surface area contributed by atoms with Crippen molar-refractivity contribution in [2.45, 2.75) is 0 Å². The lowest BCUT2D eigenvalue weighted by Gasteiger charge is -1.91. The minimum Gasteiger partial charge on any atom is -0.244 e. The van der Waals surface area contributed by atoms with Gasteiger partial charge in [0.05, 0.1) is 0 Å². The Balaban J connectivity index is 3.15. The van der Waals surface area contributed by atoms with Gasteiger partial charge in [0, 0.05) is 11.8 Å². The maximum atomic E-state index is 5.64. The molecule has 0 fully saturated rings. The average molecular weight is 140 g/mol. The summed E-state index contributed by atoms with van der Waals surface area (Å²) in [5.74, 6) is 0. The Morgan fingerprint density at radius 1 is 1.67 bits per heavy atom. The zero-order valence-corrected chi connectivity index (χ0v) is 5.60. The predicted molar refractivity (Wildman–Crippen MR) is 39.3 cm³/mol. The van der Waals surface area contributed by atoms with Crippen molar-refractivity contribution < 1.29 is 0 Å². The number of hydrogen-bond acceptors (Lipinski definition) is 1. The second-order valence-corrected chi connectivity index (χ2v) is 1.95. The third kappa shape index (κ3) is 1.30. The lowest BCUT2D eigenvalue weighted by atomic mass is 10.3. The van der Waals surface area contributed by atoms with Crippen molar-refractivity contribution in [3.8, 4) is 0 Å². The van der Waals surface area contributed by atoms with E-state index in [-0.39, 0.29) is 0 Å².